The van der Waals surface area contributed by atoms with Crippen LogP contribution in [0.5, 0.6) is 0 Å². The lowest BCUT2D eigenvalue weighted by Crippen LogP contribution is -2.37. The van der Waals surface area contributed by atoms with E-state index >= 15 is 0 Å². The molecule has 25 heavy (non-hydrogen) atoms. The molecule has 1 aromatic carbocycles. The van der Waals surface area contributed by atoms with Crippen LogP contribution in [0.25, 0.3) is 0 Å². The van der Waals surface area contributed by atoms with E-state index in [0.717, 1.165) is 49.2 Å². The van der Waals surface area contributed by atoms with Crippen LogP contribution in [0, 0.1) is 12.7 Å². The molecule has 1 aliphatic rings. The van der Waals surface area contributed by atoms with Crippen LogP contribution in [0.2, 0.25) is 0 Å². The Hall–Kier alpha value is -2.21. The third-order valence-corrected chi connectivity index (χ3v) is 4.97. The summed E-state index contributed by atoms with van der Waals surface area (Å²) >= 11 is 0. The van der Waals surface area contributed by atoms with Gasteiger partial charge in [-0.2, -0.15) is 5.10 Å². The topological polar surface area (TPSA) is 61.0 Å². The number of carbonyl (C=O) groups is 1. The monoisotopic (exact) mass is 344 g/mol. The number of aryl methyl sites for hydroxylation is 1. The Morgan fingerprint density at radius 3 is 2.60 bits per heavy atom. The van der Waals surface area contributed by atoms with Crippen LogP contribution in [-0.4, -0.2) is 40.6 Å². The van der Waals surface area contributed by atoms with Gasteiger partial charge in [-0.05, 0) is 57.0 Å². The maximum Gasteiger partial charge on any atom is 0.272 e. The highest BCUT2D eigenvalue weighted by atomic mass is 19.1. The highest BCUT2D eigenvalue weighted by Crippen LogP contribution is 2.25. The summed E-state index contributed by atoms with van der Waals surface area (Å²) in [6.07, 6.45) is 3.13. The van der Waals surface area contributed by atoms with Crippen LogP contribution in [0.1, 0.15) is 53.1 Å². The number of H-pyrrole nitrogens is 1. The van der Waals surface area contributed by atoms with E-state index in [9.17, 15) is 9.18 Å². The highest BCUT2D eigenvalue weighted by molar-refractivity contribution is 5.93. The quantitative estimate of drug-likeness (QED) is 0.847. The van der Waals surface area contributed by atoms with Gasteiger partial charge in [-0.15, -0.1) is 0 Å². The van der Waals surface area contributed by atoms with Gasteiger partial charge in [0, 0.05) is 17.8 Å². The van der Waals surface area contributed by atoms with Crippen LogP contribution in [-0.2, 0) is 6.42 Å². The van der Waals surface area contributed by atoms with Crippen molar-refractivity contribution in [3.8, 4) is 0 Å². The van der Waals surface area contributed by atoms with Gasteiger partial charge in [-0.1, -0.05) is 19.1 Å². The first-order valence-corrected chi connectivity index (χ1v) is 8.91. The zero-order chi connectivity index (χ0) is 17.8. The molecule has 0 saturated carbocycles. The molecule has 2 heterocycles. The Labute approximate surface area is 147 Å². The summed E-state index contributed by atoms with van der Waals surface area (Å²) in [7, 11) is 0. The second kappa shape index (κ2) is 7.78. The van der Waals surface area contributed by atoms with Crippen LogP contribution < -0.4 is 5.32 Å². The van der Waals surface area contributed by atoms with Crippen molar-refractivity contribution in [3.05, 3.63) is 52.6 Å². The molecule has 0 unspecified atom stereocenters. The first-order valence-electron chi connectivity index (χ1n) is 8.91. The van der Waals surface area contributed by atoms with Gasteiger partial charge in [0.2, 0.25) is 0 Å². The van der Waals surface area contributed by atoms with E-state index in [1.54, 1.807) is 12.1 Å². The number of aromatic amines is 1. The third-order valence-electron chi connectivity index (χ3n) is 4.97. The van der Waals surface area contributed by atoms with Crippen LogP contribution in [0.3, 0.4) is 0 Å². The fourth-order valence-electron chi connectivity index (χ4n) is 3.47. The summed E-state index contributed by atoms with van der Waals surface area (Å²) in [5.41, 5.74) is 3.37. The molecule has 3 rings (SSSR count). The predicted octanol–water partition coefficient (Wildman–Crippen LogP) is 2.99. The Kier molecular flexibility index (Phi) is 5.48. The fourth-order valence-corrected chi connectivity index (χ4v) is 3.47. The molecule has 2 aromatic rings. The smallest absolute Gasteiger partial charge is 0.272 e. The van der Waals surface area contributed by atoms with Crippen molar-refractivity contribution >= 4 is 5.91 Å². The summed E-state index contributed by atoms with van der Waals surface area (Å²) in [5, 5.41) is 10.1. The number of carbonyl (C=O) groups excluding carboxylic acids is 1. The zero-order valence-corrected chi connectivity index (χ0v) is 14.8. The number of amides is 1. The molecule has 5 nitrogen and oxygen atoms in total. The molecule has 0 bridgehead atoms. The van der Waals surface area contributed by atoms with Gasteiger partial charge in [0.05, 0.1) is 6.04 Å². The standard InChI is InChI=1S/C19H25FN4O/c1-3-16-13(2)18(23-22-16)19(25)21-12-17(24-10-4-5-11-24)14-6-8-15(20)9-7-14/h6-9,17H,3-5,10-12H2,1-2H3,(H,21,25)(H,22,23)/t17-/m1/s1. The molecule has 1 atom stereocenters. The second-order valence-electron chi connectivity index (χ2n) is 6.55. The lowest BCUT2D eigenvalue weighted by molar-refractivity contribution is 0.0932. The number of rotatable bonds is 6. The lowest BCUT2D eigenvalue weighted by Gasteiger charge is -2.28. The number of nitrogens with zero attached hydrogens (tertiary/aromatic N) is 2. The number of hydrogen-bond donors (Lipinski definition) is 2. The van der Waals surface area contributed by atoms with Crippen molar-refractivity contribution in [2.24, 2.45) is 0 Å². The van der Waals surface area contributed by atoms with Gasteiger partial charge in [0.1, 0.15) is 5.82 Å². The lowest BCUT2D eigenvalue weighted by atomic mass is 10.1. The Bertz CT molecular complexity index is 720. The molecule has 1 saturated heterocycles. The minimum Gasteiger partial charge on any atom is -0.349 e. The van der Waals surface area contributed by atoms with E-state index in [-0.39, 0.29) is 17.8 Å². The van der Waals surface area contributed by atoms with E-state index in [0.29, 0.717) is 12.2 Å². The van der Waals surface area contributed by atoms with Crippen molar-refractivity contribution in [1.82, 2.24) is 20.4 Å². The van der Waals surface area contributed by atoms with Crippen molar-refractivity contribution in [1.29, 1.82) is 0 Å². The van der Waals surface area contributed by atoms with Gasteiger partial charge in [-0.25, -0.2) is 4.39 Å². The van der Waals surface area contributed by atoms with Crippen molar-refractivity contribution in [2.75, 3.05) is 19.6 Å². The largest absolute Gasteiger partial charge is 0.349 e. The van der Waals surface area contributed by atoms with Crippen LogP contribution in [0.15, 0.2) is 24.3 Å². The molecule has 0 aliphatic carbocycles. The third kappa shape index (κ3) is 3.90. The minimum atomic E-state index is -0.243. The highest BCUT2D eigenvalue weighted by Gasteiger charge is 2.25. The number of benzene rings is 1. The normalized spacial score (nSPS) is 16.1. The molecule has 1 amide bonds. The van der Waals surface area contributed by atoms with Crippen LogP contribution in [0.4, 0.5) is 4.39 Å². The maximum absolute atomic E-state index is 13.2. The molecular formula is C19H25FN4O. The minimum absolute atomic E-state index is 0.0527. The molecule has 1 aliphatic heterocycles. The first kappa shape index (κ1) is 17.6. The average molecular weight is 344 g/mol. The van der Waals surface area contributed by atoms with E-state index < -0.39 is 0 Å². The Morgan fingerprint density at radius 2 is 2.00 bits per heavy atom. The molecule has 0 radical (unpaired) electrons. The van der Waals surface area contributed by atoms with Crippen molar-refractivity contribution < 1.29 is 9.18 Å². The first-order chi connectivity index (χ1) is 12.1. The van der Waals surface area contributed by atoms with E-state index in [2.05, 4.69) is 20.4 Å². The molecule has 0 spiro atoms. The summed E-state index contributed by atoms with van der Waals surface area (Å²) in [4.78, 5) is 14.9. The Morgan fingerprint density at radius 1 is 1.32 bits per heavy atom. The van der Waals surface area contributed by atoms with Gasteiger partial charge in [0.25, 0.3) is 5.91 Å². The van der Waals surface area contributed by atoms with Gasteiger partial charge in [0.15, 0.2) is 5.69 Å². The summed E-state index contributed by atoms with van der Waals surface area (Å²) in [6, 6.07) is 6.62. The number of nitrogens with one attached hydrogen (secondary N) is 2. The SMILES string of the molecule is CCc1[nH]nc(C(=O)NC[C@H](c2ccc(F)cc2)N2CCCC2)c1C. The van der Waals surface area contributed by atoms with E-state index in [4.69, 9.17) is 0 Å². The van der Waals surface area contributed by atoms with Crippen molar-refractivity contribution in [3.63, 3.8) is 0 Å². The number of aromatic nitrogens is 2. The molecule has 1 aromatic heterocycles. The van der Waals surface area contributed by atoms with Gasteiger partial charge < -0.3 is 5.32 Å². The Balaban J connectivity index is 1.72. The second-order valence-corrected chi connectivity index (χ2v) is 6.55. The van der Waals surface area contributed by atoms with Crippen molar-refractivity contribution in [2.45, 2.75) is 39.2 Å². The molecule has 2 N–H and O–H groups in total. The average Bonchev–Trinajstić information content (AvgIpc) is 3.26. The summed E-state index contributed by atoms with van der Waals surface area (Å²) in [6.45, 7) is 6.42. The van der Waals surface area contributed by atoms with Gasteiger partial charge >= 0.3 is 0 Å². The number of halogens is 1. The molecule has 6 heteroatoms. The molecule has 1 fully saturated rings. The fraction of sp³-hybridized carbons (Fsp3) is 0.474. The summed E-state index contributed by atoms with van der Waals surface area (Å²) < 4.78 is 13.2. The molecular weight excluding hydrogens is 319 g/mol. The number of likely N-dealkylation sites (tertiary alicyclic amines) is 1. The number of hydrogen-bond acceptors (Lipinski definition) is 3. The molecule has 134 valence electrons. The van der Waals surface area contributed by atoms with Crippen LogP contribution >= 0.6 is 0 Å². The van der Waals surface area contributed by atoms with Gasteiger partial charge in [-0.3, -0.25) is 14.8 Å². The van der Waals surface area contributed by atoms with E-state index in [1.165, 1.54) is 12.1 Å². The maximum atomic E-state index is 13.2. The van der Waals surface area contributed by atoms with E-state index in [1.807, 2.05) is 13.8 Å². The summed E-state index contributed by atoms with van der Waals surface area (Å²) in [5.74, 6) is -0.410. The zero-order valence-electron chi connectivity index (χ0n) is 14.8. The predicted molar refractivity (Wildman–Crippen MR) is 95.0 cm³/mol.